The van der Waals surface area contributed by atoms with E-state index in [-0.39, 0.29) is 12.5 Å². The molecule has 0 aromatic heterocycles. The Morgan fingerprint density at radius 2 is 1.75 bits per heavy atom. The van der Waals surface area contributed by atoms with Gasteiger partial charge in [-0.2, -0.15) is 0 Å². The van der Waals surface area contributed by atoms with Gasteiger partial charge >= 0.3 is 7.12 Å². The quantitative estimate of drug-likeness (QED) is 0.726. The standard InChI is InChI=1S/C13H19BO2/c1-13(2)10-15-14(16-11-13)9-8-12-6-4-3-5-7-12/h3-7H,8-11H2,1-2H3. The van der Waals surface area contributed by atoms with Crippen molar-refractivity contribution in [1.82, 2.24) is 0 Å². The maximum absolute atomic E-state index is 5.69. The van der Waals surface area contributed by atoms with E-state index in [2.05, 4.69) is 38.1 Å². The Morgan fingerprint density at radius 1 is 1.12 bits per heavy atom. The molecule has 2 nitrogen and oxygen atoms in total. The first-order valence-corrected chi connectivity index (χ1v) is 5.93. The summed E-state index contributed by atoms with van der Waals surface area (Å²) >= 11 is 0. The van der Waals surface area contributed by atoms with Crippen molar-refractivity contribution in [3.05, 3.63) is 35.9 Å². The molecule has 3 heteroatoms. The van der Waals surface area contributed by atoms with Gasteiger partial charge in [-0.1, -0.05) is 44.2 Å². The summed E-state index contributed by atoms with van der Waals surface area (Å²) in [4.78, 5) is 0. The maximum Gasteiger partial charge on any atom is 0.457 e. The second-order valence-electron chi connectivity index (χ2n) is 5.24. The highest BCUT2D eigenvalue weighted by Crippen LogP contribution is 2.23. The number of hydrogen-bond acceptors (Lipinski definition) is 2. The molecular formula is C13H19BO2. The van der Waals surface area contributed by atoms with E-state index in [1.54, 1.807) is 0 Å². The van der Waals surface area contributed by atoms with Crippen LogP contribution in [0.3, 0.4) is 0 Å². The lowest BCUT2D eigenvalue weighted by Gasteiger charge is -2.33. The molecule has 0 spiro atoms. The molecule has 16 heavy (non-hydrogen) atoms. The van der Waals surface area contributed by atoms with E-state index in [0.29, 0.717) is 0 Å². The van der Waals surface area contributed by atoms with E-state index in [0.717, 1.165) is 26.0 Å². The van der Waals surface area contributed by atoms with Crippen LogP contribution >= 0.6 is 0 Å². The summed E-state index contributed by atoms with van der Waals surface area (Å²) in [6.07, 6.45) is 1.96. The molecule has 0 aliphatic carbocycles. The number of rotatable bonds is 3. The molecule has 1 saturated heterocycles. The van der Waals surface area contributed by atoms with Gasteiger partial charge in [0.2, 0.25) is 0 Å². The molecule has 1 aliphatic heterocycles. The van der Waals surface area contributed by atoms with Crippen LogP contribution in [0.15, 0.2) is 30.3 Å². The van der Waals surface area contributed by atoms with Crippen molar-refractivity contribution in [2.24, 2.45) is 5.41 Å². The zero-order chi connectivity index (χ0) is 11.4. The van der Waals surface area contributed by atoms with Gasteiger partial charge in [0.15, 0.2) is 0 Å². The normalized spacial score (nSPS) is 19.8. The Kier molecular flexibility index (Phi) is 3.67. The molecule has 1 fully saturated rings. The summed E-state index contributed by atoms with van der Waals surface area (Å²) in [5, 5.41) is 0. The monoisotopic (exact) mass is 218 g/mol. The van der Waals surface area contributed by atoms with E-state index in [9.17, 15) is 0 Å². The van der Waals surface area contributed by atoms with Gasteiger partial charge in [0.1, 0.15) is 0 Å². The summed E-state index contributed by atoms with van der Waals surface area (Å²) < 4.78 is 11.4. The van der Waals surface area contributed by atoms with Crippen molar-refractivity contribution in [3.8, 4) is 0 Å². The van der Waals surface area contributed by atoms with Gasteiger partial charge in [-0.25, -0.2) is 0 Å². The maximum atomic E-state index is 5.69. The number of benzene rings is 1. The molecule has 0 atom stereocenters. The Balaban J connectivity index is 1.76. The van der Waals surface area contributed by atoms with Crippen LogP contribution in [-0.2, 0) is 15.7 Å². The lowest BCUT2D eigenvalue weighted by molar-refractivity contribution is 0.0283. The van der Waals surface area contributed by atoms with Gasteiger partial charge in [0.25, 0.3) is 0 Å². The highest BCUT2D eigenvalue weighted by atomic mass is 16.6. The van der Waals surface area contributed by atoms with Crippen LogP contribution in [0.1, 0.15) is 19.4 Å². The fourth-order valence-electron chi connectivity index (χ4n) is 1.82. The van der Waals surface area contributed by atoms with E-state index in [1.807, 2.05) is 6.07 Å². The molecular weight excluding hydrogens is 199 g/mol. The SMILES string of the molecule is CC1(C)COB(CCc2ccccc2)OC1. The molecule has 0 bridgehead atoms. The molecule has 2 rings (SSSR count). The third-order valence-corrected chi connectivity index (χ3v) is 2.83. The van der Waals surface area contributed by atoms with Crippen LogP contribution in [0.4, 0.5) is 0 Å². The minimum Gasteiger partial charge on any atom is -0.410 e. The average Bonchev–Trinajstić information content (AvgIpc) is 2.29. The summed E-state index contributed by atoms with van der Waals surface area (Å²) in [5.74, 6) is 0. The molecule has 0 saturated carbocycles. The molecule has 1 aromatic rings. The molecule has 86 valence electrons. The fourth-order valence-corrected chi connectivity index (χ4v) is 1.82. The largest absolute Gasteiger partial charge is 0.457 e. The lowest BCUT2D eigenvalue weighted by Crippen LogP contribution is -2.40. The van der Waals surface area contributed by atoms with Gasteiger partial charge in [0.05, 0.1) is 0 Å². The van der Waals surface area contributed by atoms with Crippen LogP contribution in [-0.4, -0.2) is 20.3 Å². The molecule has 1 aromatic carbocycles. The zero-order valence-corrected chi connectivity index (χ0v) is 10.1. The zero-order valence-electron chi connectivity index (χ0n) is 10.1. The van der Waals surface area contributed by atoms with Crippen molar-refractivity contribution in [3.63, 3.8) is 0 Å². The van der Waals surface area contributed by atoms with Crippen molar-refractivity contribution in [2.75, 3.05) is 13.2 Å². The third kappa shape index (κ3) is 3.36. The lowest BCUT2D eigenvalue weighted by atomic mass is 9.78. The Hall–Kier alpha value is -0.795. The van der Waals surface area contributed by atoms with E-state index >= 15 is 0 Å². The molecule has 0 N–H and O–H groups in total. The summed E-state index contributed by atoms with van der Waals surface area (Å²) in [6.45, 7) is 5.93. The second kappa shape index (κ2) is 5.02. The van der Waals surface area contributed by atoms with E-state index in [1.165, 1.54) is 5.56 Å². The summed E-state index contributed by atoms with van der Waals surface area (Å²) in [6, 6.07) is 10.5. The fraction of sp³-hybridized carbons (Fsp3) is 0.538. The van der Waals surface area contributed by atoms with Gasteiger partial charge in [-0.15, -0.1) is 0 Å². The summed E-state index contributed by atoms with van der Waals surface area (Å²) in [5.41, 5.74) is 1.52. The van der Waals surface area contributed by atoms with Gasteiger partial charge < -0.3 is 9.31 Å². The number of hydrogen-bond donors (Lipinski definition) is 0. The van der Waals surface area contributed by atoms with E-state index in [4.69, 9.17) is 9.31 Å². The Bertz CT molecular complexity index is 314. The molecule has 0 unspecified atom stereocenters. The van der Waals surface area contributed by atoms with Crippen molar-refractivity contribution in [1.29, 1.82) is 0 Å². The van der Waals surface area contributed by atoms with Gasteiger partial charge in [-0.05, 0) is 18.3 Å². The van der Waals surface area contributed by atoms with Gasteiger partial charge in [0, 0.05) is 18.6 Å². The van der Waals surface area contributed by atoms with Crippen molar-refractivity contribution >= 4 is 7.12 Å². The average molecular weight is 218 g/mol. The Labute approximate surface area is 98.1 Å². The predicted molar refractivity (Wildman–Crippen MR) is 66.4 cm³/mol. The first kappa shape index (κ1) is 11.7. The Morgan fingerprint density at radius 3 is 2.38 bits per heavy atom. The predicted octanol–water partition coefficient (Wildman–Crippen LogP) is 2.79. The van der Waals surface area contributed by atoms with Gasteiger partial charge in [-0.3, -0.25) is 0 Å². The first-order chi connectivity index (χ1) is 7.66. The van der Waals surface area contributed by atoms with Crippen molar-refractivity contribution in [2.45, 2.75) is 26.6 Å². The second-order valence-corrected chi connectivity index (χ2v) is 5.24. The van der Waals surface area contributed by atoms with Crippen LogP contribution < -0.4 is 0 Å². The van der Waals surface area contributed by atoms with E-state index < -0.39 is 0 Å². The molecule has 0 amide bonds. The minimum atomic E-state index is -0.0202. The van der Waals surface area contributed by atoms with Crippen LogP contribution in [0.25, 0.3) is 0 Å². The van der Waals surface area contributed by atoms with Crippen LogP contribution in [0.2, 0.25) is 6.32 Å². The molecule has 0 radical (unpaired) electrons. The van der Waals surface area contributed by atoms with Crippen LogP contribution in [0.5, 0.6) is 0 Å². The highest BCUT2D eigenvalue weighted by molar-refractivity contribution is 6.44. The molecule has 1 aliphatic rings. The van der Waals surface area contributed by atoms with Crippen LogP contribution in [0, 0.1) is 5.41 Å². The van der Waals surface area contributed by atoms with Crippen molar-refractivity contribution < 1.29 is 9.31 Å². The first-order valence-electron chi connectivity index (χ1n) is 5.93. The number of aryl methyl sites for hydroxylation is 1. The minimum absolute atomic E-state index is 0.0202. The topological polar surface area (TPSA) is 18.5 Å². The highest BCUT2D eigenvalue weighted by Gasteiger charge is 2.31. The smallest absolute Gasteiger partial charge is 0.410 e. The third-order valence-electron chi connectivity index (χ3n) is 2.83. The molecule has 1 heterocycles. The summed E-state index contributed by atoms with van der Waals surface area (Å²) in [7, 11) is -0.0202.